The molecule has 0 aliphatic carbocycles. The Balaban J connectivity index is 1.77. The molecule has 3 aromatic heterocycles. The number of carbonyl (C=O) groups excluding carboxylic acids is 1. The van der Waals surface area contributed by atoms with Crippen LogP contribution in [0.25, 0.3) is 23.5 Å². The van der Waals surface area contributed by atoms with Crippen LogP contribution in [-0.4, -0.2) is 33.8 Å². The zero-order chi connectivity index (χ0) is 20.3. The standard InChI is InChI=1S/C17H12F4N4O2S/c1-9-11(15(25-27-9)12-4-2-10(18)6-22-12)3-5-14-23-7-13(28-14)16(26)24-8-17(19,20)21/h2-7H,8H2,1H3,(H,24,26). The summed E-state index contributed by atoms with van der Waals surface area (Å²) in [6.45, 7) is 0.264. The number of aromatic nitrogens is 3. The van der Waals surface area contributed by atoms with Crippen LogP contribution in [0.1, 0.15) is 26.0 Å². The van der Waals surface area contributed by atoms with Crippen LogP contribution < -0.4 is 5.32 Å². The molecule has 1 N–H and O–H groups in total. The zero-order valence-electron chi connectivity index (χ0n) is 14.2. The molecule has 0 aliphatic rings. The second-order valence-electron chi connectivity index (χ2n) is 5.56. The molecule has 6 nitrogen and oxygen atoms in total. The first-order valence-corrected chi connectivity index (χ1v) is 8.61. The summed E-state index contributed by atoms with van der Waals surface area (Å²) in [7, 11) is 0. The fraction of sp³-hybridized carbons (Fsp3) is 0.176. The van der Waals surface area contributed by atoms with Crippen molar-refractivity contribution in [3.05, 3.63) is 51.6 Å². The molecule has 28 heavy (non-hydrogen) atoms. The summed E-state index contributed by atoms with van der Waals surface area (Å²) in [6, 6.07) is 2.70. The van der Waals surface area contributed by atoms with Crippen molar-refractivity contribution < 1.29 is 26.9 Å². The summed E-state index contributed by atoms with van der Waals surface area (Å²) in [5.41, 5.74) is 1.38. The van der Waals surface area contributed by atoms with Crippen LogP contribution in [0.2, 0.25) is 0 Å². The van der Waals surface area contributed by atoms with Gasteiger partial charge in [0.1, 0.15) is 33.7 Å². The predicted molar refractivity (Wildman–Crippen MR) is 93.9 cm³/mol. The van der Waals surface area contributed by atoms with Gasteiger partial charge in [-0.25, -0.2) is 9.37 Å². The van der Waals surface area contributed by atoms with Crippen LogP contribution in [0, 0.1) is 12.7 Å². The Morgan fingerprint density at radius 2 is 2.04 bits per heavy atom. The Bertz CT molecular complexity index is 1010. The van der Waals surface area contributed by atoms with E-state index in [0.29, 0.717) is 27.7 Å². The van der Waals surface area contributed by atoms with E-state index in [-0.39, 0.29) is 4.88 Å². The molecule has 11 heteroatoms. The molecule has 1 amide bonds. The molecule has 0 saturated carbocycles. The molecule has 3 rings (SSSR count). The molecule has 0 aromatic carbocycles. The van der Waals surface area contributed by atoms with E-state index in [1.54, 1.807) is 24.4 Å². The highest BCUT2D eigenvalue weighted by Crippen LogP contribution is 2.26. The minimum absolute atomic E-state index is 0.0476. The SMILES string of the molecule is Cc1onc(-c2ccc(F)cn2)c1C=Cc1ncc(C(=O)NCC(F)(F)F)s1. The van der Waals surface area contributed by atoms with Crippen LogP contribution in [-0.2, 0) is 0 Å². The van der Waals surface area contributed by atoms with E-state index in [1.165, 1.54) is 18.3 Å². The second-order valence-corrected chi connectivity index (χ2v) is 6.62. The summed E-state index contributed by atoms with van der Waals surface area (Å²) >= 11 is 0.929. The van der Waals surface area contributed by atoms with Gasteiger partial charge in [-0.1, -0.05) is 5.16 Å². The van der Waals surface area contributed by atoms with Gasteiger partial charge >= 0.3 is 6.18 Å². The lowest BCUT2D eigenvalue weighted by Gasteiger charge is -2.06. The van der Waals surface area contributed by atoms with Gasteiger partial charge in [-0.15, -0.1) is 11.3 Å². The van der Waals surface area contributed by atoms with Crippen molar-refractivity contribution in [2.45, 2.75) is 13.1 Å². The van der Waals surface area contributed by atoms with Crippen LogP contribution in [0.15, 0.2) is 29.0 Å². The van der Waals surface area contributed by atoms with Gasteiger partial charge in [0.2, 0.25) is 0 Å². The van der Waals surface area contributed by atoms with Crippen molar-refractivity contribution in [1.29, 1.82) is 0 Å². The monoisotopic (exact) mass is 412 g/mol. The number of hydrogen-bond acceptors (Lipinski definition) is 6. The van der Waals surface area contributed by atoms with Gasteiger partial charge in [-0.3, -0.25) is 9.78 Å². The van der Waals surface area contributed by atoms with Crippen molar-refractivity contribution in [2.75, 3.05) is 6.54 Å². The molecule has 0 aliphatic heterocycles. The van der Waals surface area contributed by atoms with Gasteiger partial charge in [-0.05, 0) is 31.2 Å². The van der Waals surface area contributed by atoms with E-state index in [2.05, 4.69) is 15.1 Å². The summed E-state index contributed by atoms with van der Waals surface area (Å²) in [5.74, 6) is -0.857. The fourth-order valence-corrected chi connectivity index (χ4v) is 2.91. The van der Waals surface area contributed by atoms with Gasteiger partial charge in [0.05, 0.1) is 18.1 Å². The Labute approximate surface area is 159 Å². The Morgan fingerprint density at radius 3 is 2.71 bits per heavy atom. The smallest absolute Gasteiger partial charge is 0.360 e. The van der Waals surface area contributed by atoms with Gasteiger partial charge in [0, 0.05) is 5.56 Å². The lowest BCUT2D eigenvalue weighted by molar-refractivity contribution is -0.123. The molecule has 0 radical (unpaired) electrons. The number of aryl methyl sites for hydroxylation is 1. The third kappa shape index (κ3) is 4.80. The van der Waals surface area contributed by atoms with Crippen molar-refractivity contribution in [3.8, 4) is 11.4 Å². The molecule has 0 spiro atoms. The van der Waals surface area contributed by atoms with Crippen LogP contribution in [0.3, 0.4) is 0 Å². The maximum atomic E-state index is 13.0. The maximum Gasteiger partial charge on any atom is 0.405 e. The van der Waals surface area contributed by atoms with Crippen molar-refractivity contribution in [3.63, 3.8) is 0 Å². The molecular weight excluding hydrogens is 400 g/mol. The third-order valence-electron chi connectivity index (χ3n) is 3.47. The first-order valence-electron chi connectivity index (χ1n) is 7.80. The minimum atomic E-state index is -4.49. The normalized spacial score (nSPS) is 11.9. The number of amides is 1. The molecule has 146 valence electrons. The number of hydrogen-bond donors (Lipinski definition) is 1. The lowest BCUT2D eigenvalue weighted by atomic mass is 10.1. The van der Waals surface area contributed by atoms with E-state index in [9.17, 15) is 22.4 Å². The molecule has 3 heterocycles. The number of rotatable bonds is 5. The number of thiazole rings is 1. The molecule has 0 unspecified atom stereocenters. The van der Waals surface area contributed by atoms with Crippen molar-refractivity contribution in [2.24, 2.45) is 0 Å². The first kappa shape index (κ1) is 19.7. The molecule has 0 fully saturated rings. The number of pyridine rings is 1. The van der Waals surface area contributed by atoms with E-state index in [0.717, 1.165) is 17.5 Å². The summed E-state index contributed by atoms with van der Waals surface area (Å²) < 4.78 is 54.7. The Hall–Kier alpha value is -3.08. The Morgan fingerprint density at radius 1 is 1.25 bits per heavy atom. The van der Waals surface area contributed by atoms with E-state index in [1.807, 2.05) is 0 Å². The molecular formula is C17H12F4N4O2S. The predicted octanol–water partition coefficient (Wildman–Crippen LogP) is 4.10. The van der Waals surface area contributed by atoms with Gasteiger partial charge in [0.25, 0.3) is 5.91 Å². The average Bonchev–Trinajstić information content (AvgIpc) is 3.25. The highest BCUT2D eigenvalue weighted by Gasteiger charge is 2.28. The number of nitrogens with zero attached hydrogens (tertiary/aromatic N) is 3. The number of carbonyl (C=O) groups is 1. The summed E-state index contributed by atoms with van der Waals surface area (Å²) in [6.07, 6.45) is 0.957. The molecule has 3 aromatic rings. The number of alkyl halides is 3. The van der Waals surface area contributed by atoms with Crippen molar-refractivity contribution in [1.82, 2.24) is 20.4 Å². The average molecular weight is 412 g/mol. The maximum absolute atomic E-state index is 13.0. The zero-order valence-corrected chi connectivity index (χ0v) is 15.1. The number of nitrogens with one attached hydrogen (secondary N) is 1. The van der Waals surface area contributed by atoms with E-state index in [4.69, 9.17) is 4.52 Å². The molecule has 0 bridgehead atoms. The van der Waals surface area contributed by atoms with Gasteiger partial charge in [-0.2, -0.15) is 13.2 Å². The quantitative estimate of drug-likeness (QED) is 0.638. The topological polar surface area (TPSA) is 80.9 Å². The molecule has 0 atom stereocenters. The van der Waals surface area contributed by atoms with E-state index < -0.39 is 24.4 Å². The summed E-state index contributed by atoms with van der Waals surface area (Å²) in [4.78, 5) is 19.7. The highest BCUT2D eigenvalue weighted by atomic mass is 32.1. The Kier molecular flexibility index (Phi) is 5.54. The molecule has 0 saturated heterocycles. The van der Waals surface area contributed by atoms with Crippen LogP contribution >= 0.6 is 11.3 Å². The fourth-order valence-electron chi connectivity index (χ4n) is 2.17. The van der Waals surface area contributed by atoms with E-state index >= 15 is 0 Å². The number of halogens is 4. The van der Waals surface area contributed by atoms with Gasteiger partial charge in [0.15, 0.2) is 0 Å². The van der Waals surface area contributed by atoms with Crippen molar-refractivity contribution >= 4 is 29.4 Å². The van der Waals surface area contributed by atoms with Gasteiger partial charge < -0.3 is 9.84 Å². The lowest BCUT2D eigenvalue weighted by Crippen LogP contribution is -2.33. The highest BCUT2D eigenvalue weighted by molar-refractivity contribution is 7.14. The third-order valence-corrected chi connectivity index (χ3v) is 4.43. The second kappa shape index (κ2) is 7.89. The van der Waals surface area contributed by atoms with Crippen LogP contribution in [0.5, 0.6) is 0 Å². The minimum Gasteiger partial charge on any atom is -0.360 e. The largest absolute Gasteiger partial charge is 0.405 e. The first-order chi connectivity index (χ1) is 13.2. The van der Waals surface area contributed by atoms with Crippen LogP contribution in [0.4, 0.5) is 17.6 Å². The summed E-state index contributed by atoms with van der Waals surface area (Å²) in [5, 5.41) is 6.09.